The molecule has 1 aliphatic carbocycles. The second kappa shape index (κ2) is 6.43. The van der Waals surface area contributed by atoms with E-state index in [0.29, 0.717) is 17.9 Å². The summed E-state index contributed by atoms with van der Waals surface area (Å²) in [6.07, 6.45) is 3.68. The quantitative estimate of drug-likeness (QED) is 0.595. The molecule has 1 saturated heterocycles. The third-order valence-corrected chi connectivity index (χ3v) is 5.68. The number of amides is 6. The van der Waals surface area contributed by atoms with Crippen LogP contribution < -0.4 is 10.7 Å². The number of hydrazine groups is 1. The molecule has 2 fully saturated rings. The first kappa shape index (κ1) is 18.1. The van der Waals surface area contributed by atoms with E-state index < -0.39 is 41.2 Å². The highest BCUT2D eigenvalue weighted by Gasteiger charge is 2.52. The predicted molar refractivity (Wildman–Crippen MR) is 95.7 cm³/mol. The van der Waals surface area contributed by atoms with Gasteiger partial charge >= 0.3 is 6.03 Å². The summed E-state index contributed by atoms with van der Waals surface area (Å²) < 4.78 is 0. The van der Waals surface area contributed by atoms with Crippen LogP contribution in [0.5, 0.6) is 0 Å². The van der Waals surface area contributed by atoms with Crippen molar-refractivity contribution in [3.63, 3.8) is 0 Å². The summed E-state index contributed by atoms with van der Waals surface area (Å²) in [5.74, 6) is -2.45. The molecular formula is C19H20N4O5. The van der Waals surface area contributed by atoms with E-state index in [9.17, 15) is 24.0 Å². The summed E-state index contributed by atoms with van der Waals surface area (Å²) >= 11 is 0. The number of benzene rings is 1. The number of fused-ring (bicyclic) bond motifs is 1. The molecule has 6 amide bonds. The van der Waals surface area contributed by atoms with Gasteiger partial charge in [0.25, 0.3) is 23.6 Å². The molecule has 0 aromatic heterocycles. The van der Waals surface area contributed by atoms with Crippen molar-refractivity contribution in [2.45, 2.75) is 50.6 Å². The Morgan fingerprint density at radius 3 is 2.18 bits per heavy atom. The van der Waals surface area contributed by atoms with Gasteiger partial charge in [-0.1, -0.05) is 31.4 Å². The van der Waals surface area contributed by atoms with Gasteiger partial charge in [0.2, 0.25) is 0 Å². The molecule has 1 aromatic carbocycles. The Kier molecular flexibility index (Phi) is 4.17. The first-order valence-corrected chi connectivity index (χ1v) is 9.30. The van der Waals surface area contributed by atoms with Crippen LogP contribution in [-0.2, 0) is 9.59 Å². The summed E-state index contributed by atoms with van der Waals surface area (Å²) in [6, 6.07) is 4.42. The van der Waals surface area contributed by atoms with Crippen LogP contribution in [0.4, 0.5) is 4.79 Å². The number of nitrogens with one attached hydrogen (secondary N) is 2. The first-order chi connectivity index (χ1) is 13.4. The number of carbonyl (C=O) groups excluding carboxylic acids is 5. The fourth-order valence-electron chi connectivity index (χ4n) is 4.10. The van der Waals surface area contributed by atoms with Gasteiger partial charge in [0.05, 0.1) is 11.1 Å². The molecule has 3 aliphatic rings. The zero-order chi connectivity index (χ0) is 20.1. The standard InChI is InChI=1S/C19H20N4O5/c1-11(22-15(25)12-7-3-4-8-13(12)16(22)26)14(24)21-23-17(27)19(20-18(23)28)9-5-2-6-10-19/h3-4,7-8,11H,2,5-6,9-10H2,1H3,(H,20,28)(H,21,24)/t11-/m0/s1. The highest BCUT2D eigenvalue weighted by atomic mass is 16.2. The third kappa shape index (κ3) is 2.57. The summed E-state index contributed by atoms with van der Waals surface area (Å²) in [7, 11) is 0. The molecule has 1 aromatic rings. The van der Waals surface area contributed by atoms with Crippen molar-refractivity contribution in [2.24, 2.45) is 0 Å². The van der Waals surface area contributed by atoms with Gasteiger partial charge in [0.1, 0.15) is 11.6 Å². The molecule has 0 radical (unpaired) electrons. The molecule has 2 N–H and O–H groups in total. The van der Waals surface area contributed by atoms with Gasteiger partial charge < -0.3 is 5.32 Å². The molecule has 9 heteroatoms. The van der Waals surface area contributed by atoms with Crippen LogP contribution in [0.15, 0.2) is 24.3 Å². The molecule has 2 aliphatic heterocycles. The van der Waals surface area contributed by atoms with Crippen LogP contribution in [0.2, 0.25) is 0 Å². The van der Waals surface area contributed by atoms with Gasteiger partial charge in [-0.2, -0.15) is 5.01 Å². The van der Waals surface area contributed by atoms with Gasteiger partial charge in [0.15, 0.2) is 0 Å². The zero-order valence-corrected chi connectivity index (χ0v) is 15.4. The average molecular weight is 384 g/mol. The molecule has 0 bridgehead atoms. The van der Waals surface area contributed by atoms with Gasteiger partial charge in [0, 0.05) is 0 Å². The van der Waals surface area contributed by atoms with Crippen molar-refractivity contribution in [3.8, 4) is 0 Å². The van der Waals surface area contributed by atoms with E-state index in [0.717, 1.165) is 24.2 Å². The van der Waals surface area contributed by atoms with Crippen molar-refractivity contribution in [1.29, 1.82) is 0 Å². The van der Waals surface area contributed by atoms with Gasteiger partial charge in [-0.15, -0.1) is 0 Å². The largest absolute Gasteiger partial charge is 0.344 e. The Hall–Kier alpha value is -3.23. The Bertz CT molecular complexity index is 870. The molecule has 28 heavy (non-hydrogen) atoms. The average Bonchev–Trinajstić information content (AvgIpc) is 3.07. The number of imide groups is 2. The van der Waals surface area contributed by atoms with E-state index in [-0.39, 0.29) is 11.1 Å². The van der Waals surface area contributed by atoms with Gasteiger partial charge in [-0.3, -0.25) is 29.5 Å². The molecule has 4 rings (SSSR count). The molecule has 146 valence electrons. The molecule has 1 atom stereocenters. The summed E-state index contributed by atoms with van der Waals surface area (Å²) in [5.41, 5.74) is 1.76. The number of urea groups is 1. The molecule has 1 spiro atoms. The maximum Gasteiger partial charge on any atom is 0.344 e. The highest BCUT2D eigenvalue weighted by Crippen LogP contribution is 2.33. The molecule has 2 heterocycles. The molecular weight excluding hydrogens is 364 g/mol. The van der Waals surface area contributed by atoms with E-state index in [4.69, 9.17) is 0 Å². The van der Waals surface area contributed by atoms with Crippen LogP contribution in [0.1, 0.15) is 59.7 Å². The monoisotopic (exact) mass is 384 g/mol. The summed E-state index contributed by atoms with van der Waals surface area (Å²) in [4.78, 5) is 63.6. The maximum atomic E-state index is 12.8. The Balaban J connectivity index is 1.50. The van der Waals surface area contributed by atoms with Crippen LogP contribution in [-0.4, -0.2) is 51.1 Å². The van der Waals surface area contributed by atoms with E-state index in [1.807, 2.05) is 0 Å². The minimum atomic E-state index is -1.18. The minimum absolute atomic E-state index is 0.225. The number of hydrogen-bond donors (Lipinski definition) is 2. The maximum absolute atomic E-state index is 12.8. The van der Waals surface area contributed by atoms with Gasteiger partial charge in [-0.05, 0) is 31.9 Å². The van der Waals surface area contributed by atoms with Crippen molar-refractivity contribution in [3.05, 3.63) is 35.4 Å². The second-order valence-electron chi connectivity index (χ2n) is 7.39. The minimum Gasteiger partial charge on any atom is -0.322 e. The normalized spacial score (nSPS) is 21.8. The van der Waals surface area contributed by atoms with Crippen LogP contribution >= 0.6 is 0 Å². The number of nitrogens with zero attached hydrogens (tertiary/aromatic N) is 2. The number of rotatable bonds is 3. The van der Waals surface area contributed by atoms with Crippen LogP contribution in [0.25, 0.3) is 0 Å². The first-order valence-electron chi connectivity index (χ1n) is 9.30. The fraction of sp³-hybridized carbons (Fsp3) is 0.421. The Labute approximate surface area is 161 Å². The van der Waals surface area contributed by atoms with Crippen LogP contribution in [0.3, 0.4) is 0 Å². The van der Waals surface area contributed by atoms with Crippen molar-refractivity contribution < 1.29 is 24.0 Å². The summed E-state index contributed by atoms with van der Waals surface area (Å²) in [5, 5.41) is 3.36. The predicted octanol–water partition coefficient (Wildman–Crippen LogP) is 0.957. The van der Waals surface area contributed by atoms with Crippen molar-refractivity contribution >= 4 is 29.7 Å². The SMILES string of the molecule is C[C@@H](C(=O)NN1C(=O)NC2(CCCCC2)C1=O)N1C(=O)c2ccccc2C1=O. The van der Waals surface area contributed by atoms with E-state index in [1.165, 1.54) is 19.1 Å². The molecule has 1 saturated carbocycles. The van der Waals surface area contributed by atoms with Crippen molar-refractivity contribution in [2.75, 3.05) is 0 Å². The number of carbonyl (C=O) groups is 5. The Morgan fingerprint density at radius 2 is 1.61 bits per heavy atom. The summed E-state index contributed by atoms with van der Waals surface area (Å²) in [6.45, 7) is 1.38. The van der Waals surface area contributed by atoms with Crippen molar-refractivity contribution in [1.82, 2.24) is 20.7 Å². The lowest BCUT2D eigenvalue weighted by molar-refractivity contribution is -0.141. The Morgan fingerprint density at radius 1 is 1.04 bits per heavy atom. The second-order valence-corrected chi connectivity index (χ2v) is 7.39. The number of hydrogen-bond acceptors (Lipinski definition) is 5. The highest BCUT2D eigenvalue weighted by molar-refractivity contribution is 6.23. The van der Waals surface area contributed by atoms with E-state index >= 15 is 0 Å². The van der Waals surface area contributed by atoms with E-state index in [2.05, 4.69) is 10.7 Å². The topological polar surface area (TPSA) is 116 Å². The lowest BCUT2D eigenvalue weighted by atomic mass is 9.82. The lowest BCUT2D eigenvalue weighted by Gasteiger charge is -2.30. The van der Waals surface area contributed by atoms with E-state index in [1.54, 1.807) is 12.1 Å². The smallest absolute Gasteiger partial charge is 0.322 e. The lowest BCUT2D eigenvalue weighted by Crippen LogP contribution is -2.55. The third-order valence-electron chi connectivity index (χ3n) is 5.68. The molecule has 0 unspecified atom stereocenters. The zero-order valence-electron chi connectivity index (χ0n) is 15.4. The van der Waals surface area contributed by atoms with Gasteiger partial charge in [-0.25, -0.2) is 4.79 Å². The molecule has 9 nitrogen and oxygen atoms in total. The van der Waals surface area contributed by atoms with Crippen LogP contribution in [0, 0.1) is 0 Å². The fourth-order valence-corrected chi connectivity index (χ4v) is 4.10.